The maximum atomic E-state index is 4.29. The van der Waals surface area contributed by atoms with Crippen LogP contribution in [-0.4, -0.2) is 31.3 Å². The van der Waals surface area contributed by atoms with Crippen molar-refractivity contribution in [2.45, 2.75) is 27.2 Å². The molecule has 0 amide bonds. The van der Waals surface area contributed by atoms with Crippen molar-refractivity contribution in [3.05, 3.63) is 24.0 Å². The van der Waals surface area contributed by atoms with Crippen LogP contribution in [0.5, 0.6) is 0 Å². The fourth-order valence-electron chi connectivity index (χ4n) is 1.55. The van der Waals surface area contributed by atoms with Gasteiger partial charge in [-0.3, -0.25) is 0 Å². The van der Waals surface area contributed by atoms with Gasteiger partial charge in [0.15, 0.2) is 5.82 Å². The van der Waals surface area contributed by atoms with Crippen LogP contribution < -0.4 is 5.32 Å². The smallest absolute Gasteiger partial charge is 0.160 e. The van der Waals surface area contributed by atoms with Gasteiger partial charge in [-0.05, 0) is 20.3 Å². The van der Waals surface area contributed by atoms with Crippen LogP contribution in [0.4, 0.5) is 5.82 Å². The van der Waals surface area contributed by atoms with Gasteiger partial charge in [-0.2, -0.15) is 4.68 Å². The molecule has 6 heteroatoms. The third-order valence-corrected chi connectivity index (χ3v) is 2.30. The minimum atomic E-state index is 0.733. The van der Waals surface area contributed by atoms with Crippen molar-refractivity contribution in [3.63, 3.8) is 0 Å². The van der Waals surface area contributed by atoms with Crippen LogP contribution in [0.15, 0.2) is 12.4 Å². The van der Waals surface area contributed by atoms with Crippen LogP contribution in [0.3, 0.4) is 0 Å². The van der Waals surface area contributed by atoms with E-state index in [4.69, 9.17) is 0 Å². The predicted molar refractivity (Wildman–Crippen MR) is 65.2 cm³/mol. The van der Waals surface area contributed by atoms with Gasteiger partial charge in [-0.1, -0.05) is 6.92 Å². The van der Waals surface area contributed by atoms with E-state index in [1.165, 1.54) is 6.33 Å². The van der Waals surface area contributed by atoms with E-state index < -0.39 is 0 Å². The molecule has 0 unspecified atom stereocenters. The SMILES string of the molecule is CCCNc1cc(-n2nc(C)nc2C)ncn1. The van der Waals surface area contributed by atoms with Gasteiger partial charge in [-0.25, -0.2) is 15.0 Å². The maximum absolute atomic E-state index is 4.29. The highest BCUT2D eigenvalue weighted by molar-refractivity contribution is 5.40. The Bertz CT molecular complexity index is 504. The highest BCUT2D eigenvalue weighted by Gasteiger charge is 2.07. The Morgan fingerprint density at radius 3 is 2.76 bits per heavy atom. The zero-order valence-electron chi connectivity index (χ0n) is 10.3. The highest BCUT2D eigenvalue weighted by Crippen LogP contribution is 2.10. The zero-order chi connectivity index (χ0) is 12.3. The summed E-state index contributed by atoms with van der Waals surface area (Å²) >= 11 is 0. The Hall–Kier alpha value is -1.98. The monoisotopic (exact) mass is 232 g/mol. The summed E-state index contributed by atoms with van der Waals surface area (Å²) in [6.45, 7) is 6.77. The van der Waals surface area contributed by atoms with E-state index in [2.05, 4.69) is 32.3 Å². The molecule has 2 rings (SSSR count). The molecule has 0 aliphatic heterocycles. The second-order valence-electron chi connectivity index (χ2n) is 3.81. The number of nitrogens with zero attached hydrogens (tertiary/aromatic N) is 5. The maximum Gasteiger partial charge on any atom is 0.160 e. The largest absolute Gasteiger partial charge is 0.370 e. The normalized spacial score (nSPS) is 10.5. The molecule has 2 aromatic heterocycles. The summed E-state index contributed by atoms with van der Waals surface area (Å²) < 4.78 is 1.72. The lowest BCUT2D eigenvalue weighted by atomic mass is 10.4. The summed E-state index contributed by atoms with van der Waals surface area (Å²) in [5, 5.41) is 7.51. The average molecular weight is 232 g/mol. The Balaban J connectivity index is 2.29. The van der Waals surface area contributed by atoms with Gasteiger partial charge < -0.3 is 5.32 Å². The average Bonchev–Trinajstić information content (AvgIpc) is 2.66. The number of hydrogen-bond acceptors (Lipinski definition) is 5. The van der Waals surface area contributed by atoms with E-state index in [-0.39, 0.29) is 0 Å². The second kappa shape index (κ2) is 4.90. The van der Waals surface area contributed by atoms with Crippen molar-refractivity contribution in [1.82, 2.24) is 24.7 Å². The van der Waals surface area contributed by atoms with E-state index in [9.17, 15) is 0 Å². The number of rotatable bonds is 4. The molecule has 1 N–H and O–H groups in total. The molecule has 17 heavy (non-hydrogen) atoms. The second-order valence-corrected chi connectivity index (χ2v) is 3.81. The molecule has 0 aromatic carbocycles. The highest BCUT2D eigenvalue weighted by atomic mass is 15.4. The number of aryl methyl sites for hydroxylation is 2. The quantitative estimate of drug-likeness (QED) is 0.865. The molecule has 0 saturated carbocycles. The molecule has 0 atom stereocenters. The molecular weight excluding hydrogens is 216 g/mol. The molecule has 0 aliphatic carbocycles. The molecule has 0 bridgehead atoms. The standard InChI is InChI=1S/C11H16N6/c1-4-5-12-10-6-11(14-7-13-10)17-9(3)15-8(2)16-17/h6-7H,4-5H2,1-3H3,(H,12,13,14). The van der Waals surface area contributed by atoms with E-state index in [0.717, 1.165) is 36.3 Å². The predicted octanol–water partition coefficient (Wildman–Crippen LogP) is 1.50. The lowest BCUT2D eigenvalue weighted by Gasteiger charge is -2.05. The molecule has 6 nitrogen and oxygen atoms in total. The molecule has 0 spiro atoms. The molecular formula is C11H16N6. The Morgan fingerprint density at radius 1 is 1.29 bits per heavy atom. The number of aromatic nitrogens is 5. The van der Waals surface area contributed by atoms with Crippen LogP contribution in [0.2, 0.25) is 0 Å². The molecule has 2 aromatic rings. The molecule has 0 aliphatic rings. The summed E-state index contributed by atoms with van der Waals surface area (Å²) in [5.41, 5.74) is 0. The fraction of sp³-hybridized carbons (Fsp3) is 0.455. The fourth-order valence-corrected chi connectivity index (χ4v) is 1.55. The third-order valence-electron chi connectivity index (χ3n) is 2.30. The topological polar surface area (TPSA) is 68.5 Å². The lowest BCUT2D eigenvalue weighted by Crippen LogP contribution is -2.06. The molecule has 2 heterocycles. The van der Waals surface area contributed by atoms with Crippen molar-refractivity contribution in [1.29, 1.82) is 0 Å². The van der Waals surface area contributed by atoms with Gasteiger partial charge in [0, 0.05) is 12.6 Å². The van der Waals surface area contributed by atoms with E-state index in [1.807, 2.05) is 19.9 Å². The van der Waals surface area contributed by atoms with Gasteiger partial charge in [0.25, 0.3) is 0 Å². The number of nitrogens with one attached hydrogen (secondary N) is 1. The van der Waals surface area contributed by atoms with E-state index >= 15 is 0 Å². The first kappa shape index (κ1) is 11.5. The van der Waals surface area contributed by atoms with Crippen molar-refractivity contribution >= 4 is 5.82 Å². The summed E-state index contributed by atoms with van der Waals surface area (Å²) in [6.07, 6.45) is 2.59. The zero-order valence-corrected chi connectivity index (χ0v) is 10.3. The first-order valence-electron chi connectivity index (χ1n) is 5.67. The van der Waals surface area contributed by atoms with Crippen LogP contribution in [0.25, 0.3) is 5.82 Å². The summed E-state index contributed by atoms with van der Waals surface area (Å²) in [5.74, 6) is 3.10. The van der Waals surface area contributed by atoms with Crippen LogP contribution in [0, 0.1) is 13.8 Å². The minimum Gasteiger partial charge on any atom is -0.370 e. The Labute approximate surface area is 100 Å². The van der Waals surface area contributed by atoms with Gasteiger partial charge in [-0.15, -0.1) is 5.10 Å². The van der Waals surface area contributed by atoms with Crippen molar-refractivity contribution in [2.24, 2.45) is 0 Å². The lowest BCUT2D eigenvalue weighted by molar-refractivity contribution is 0.798. The number of anilines is 1. The summed E-state index contributed by atoms with van der Waals surface area (Å²) in [4.78, 5) is 12.6. The molecule has 0 saturated heterocycles. The molecule has 0 fully saturated rings. The first-order valence-corrected chi connectivity index (χ1v) is 5.67. The minimum absolute atomic E-state index is 0.733. The Kier molecular flexibility index (Phi) is 3.32. The van der Waals surface area contributed by atoms with Gasteiger partial charge in [0.05, 0.1) is 0 Å². The van der Waals surface area contributed by atoms with Crippen LogP contribution in [0.1, 0.15) is 25.0 Å². The van der Waals surface area contributed by atoms with Gasteiger partial charge in [0.1, 0.15) is 23.8 Å². The van der Waals surface area contributed by atoms with Crippen LogP contribution in [-0.2, 0) is 0 Å². The van der Waals surface area contributed by atoms with Crippen LogP contribution >= 0.6 is 0 Å². The van der Waals surface area contributed by atoms with Crippen molar-refractivity contribution < 1.29 is 0 Å². The van der Waals surface area contributed by atoms with Gasteiger partial charge >= 0.3 is 0 Å². The third kappa shape index (κ3) is 2.58. The Morgan fingerprint density at radius 2 is 2.12 bits per heavy atom. The number of hydrogen-bond donors (Lipinski definition) is 1. The van der Waals surface area contributed by atoms with E-state index in [0.29, 0.717) is 0 Å². The van der Waals surface area contributed by atoms with Crippen molar-refractivity contribution in [3.8, 4) is 5.82 Å². The van der Waals surface area contributed by atoms with Gasteiger partial charge in [0.2, 0.25) is 0 Å². The molecule has 90 valence electrons. The van der Waals surface area contributed by atoms with E-state index in [1.54, 1.807) is 4.68 Å². The summed E-state index contributed by atoms with van der Waals surface area (Å²) in [6, 6.07) is 1.87. The molecule has 0 radical (unpaired) electrons. The summed E-state index contributed by atoms with van der Waals surface area (Å²) in [7, 11) is 0. The van der Waals surface area contributed by atoms with Crippen molar-refractivity contribution in [2.75, 3.05) is 11.9 Å². The first-order chi connectivity index (χ1) is 8.20.